The summed E-state index contributed by atoms with van der Waals surface area (Å²) >= 11 is 0. The largest absolute Gasteiger partial charge is 0.382 e. The van der Waals surface area contributed by atoms with Gasteiger partial charge in [-0.05, 0) is 35.7 Å². The van der Waals surface area contributed by atoms with Crippen molar-refractivity contribution in [2.75, 3.05) is 13.1 Å². The van der Waals surface area contributed by atoms with Gasteiger partial charge >= 0.3 is 0 Å². The number of aliphatic hydroxyl groups is 1. The molecule has 6 rings (SSSR count). The lowest BCUT2D eigenvalue weighted by atomic mass is 9.71. The number of para-hydroxylation sites is 1. The van der Waals surface area contributed by atoms with Crippen LogP contribution in [-0.4, -0.2) is 38.7 Å². The fourth-order valence-corrected chi connectivity index (χ4v) is 5.78. The summed E-state index contributed by atoms with van der Waals surface area (Å²) in [5.41, 5.74) is 3.05. The summed E-state index contributed by atoms with van der Waals surface area (Å²) in [5, 5.41) is 12.7. The van der Waals surface area contributed by atoms with E-state index in [-0.39, 0.29) is 6.04 Å². The van der Waals surface area contributed by atoms with Crippen LogP contribution in [-0.2, 0) is 6.54 Å². The molecule has 3 fully saturated rings. The number of rotatable bonds is 5. The first-order valence-corrected chi connectivity index (χ1v) is 10.6. The van der Waals surface area contributed by atoms with E-state index in [1.165, 1.54) is 6.42 Å². The van der Waals surface area contributed by atoms with Crippen LogP contribution in [0.1, 0.15) is 30.2 Å². The van der Waals surface area contributed by atoms with Crippen molar-refractivity contribution in [3.8, 4) is 0 Å². The summed E-state index contributed by atoms with van der Waals surface area (Å²) in [6.45, 7) is 7.11. The van der Waals surface area contributed by atoms with E-state index < -0.39 is 6.10 Å². The van der Waals surface area contributed by atoms with Gasteiger partial charge in [-0.3, -0.25) is 9.97 Å². The molecule has 148 valence electrons. The Morgan fingerprint density at radius 3 is 2.79 bits per heavy atom. The van der Waals surface area contributed by atoms with Crippen molar-refractivity contribution in [3.63, 3.8) is 0 Å². The van der Waals surface area contributed by atoms with Gasteiger partial charge in [-0.15, -0.1) is 6.58 Å². The molecule has 4 heteroatoms. The van der Waals surface area contributed by atoms with E-state index in [1.54, 1.807) is 0 Å². The molecule has 5 heterocycles. The minimum atomic E-state index is -0.514. The summed E-state index contributed by atoms with van der Waals surface area (Å²) in [7, 11) is 0. The minimum absolute atomic E-state index is 0.165. The third-order valence-electron chi connectivity index (χ3n) is 7.24. The number of benzene rings is 1. The van der Waals surface area contributed by atoms with Crippen molar-refractivity contribution in [3.05, 3.63) is 84.8 Å². The predicted octanol–water partition coefficient (Wildman–Crippen LogP) is 4.27. The second-order valence-electron chi connectivity index (χ2n) is 8.72. The topological polar surface area (TPSA) is 46.0 Å². The number of nitrogens with zero attached hydrogens (tertiary/aromatic N) is 3. The number of hydrogen-bond donors (Lipinski definition) is 1. The highest BCUT2D eigenvalue weighted by Crippen LogP contribution is 2.47. The Hall–Kier alpha value is -2.56. The molecular weight excluding hydrogens is 358 g/mol. The molecule has 29 heavy (non-hydrogen) atoms. The molecule has 1 N–H and O–H groups in total. The van der Waals surface area contributed by atoms with Gasteiger partial charge in [0.15, 0.2) is 0 Å². The summed E-state index contributed by atoms with van der Waals surface area (Å²) in [6.07, 6.45) is 7.55. The van der Waals surface area contributed by atoms with Gasteiger partial charge in [0.1, 0.15) is 18.7 Å². The van der Waals surface area contributed by atoms with Crippen LogP contribution < -0.4 is 0 Å². The zero-order valence-electron chi connectivity index (χ0n) is 16.7. The first-order chi connectivity index (χ1) is 14.2. The molecule has 2 aromatic heterocycles. The van der Waals surface area contributed by atoms with Gasteiger partial charge < -0.3 is 9.59 Å². The zero-order valence-corrected chi connectivity index (χ0v) is 16.7. The highest BCUT2D eigenvalue weighted by atomic mass is 16.3. The summed E-state index contributed by atoms with van der Waals surface area (Å²) in [6, 6.07) is 16.4. The van der Waals surface area contributed by atoms with E-state index in [2.05, 4.69) is 40.8 Å². The lowest BCUT2D eigenvalue weighted by molar-refractivity contribution is -0.985. The number of pyridine rings is 2. The zero-order chi connectivity index (χ0) is 19.8. The number of hydrogen-bond acceptors (Lipinski definition) is 3. The summed E-state index contributed by atoms with van der Waals surface area (Å²) in [4.78, 5) is 9.11. The molecule has 3 aliphatic heterocycles. The highest BCUT2D eigenvalue weighted by molar-refractivity contribution is 5.82. The van der Waals surface area contributed by atoms with Gasteiger partial charge in [0.05, 0.1) is 24.3 Å². The second kappa shape index (κ2) is 7.36. The highest BCUT2D eigenvalue weighted by Gasteiger charge is 2.54. The van der Waals surface area contributed by atoms with E-state index in [1.807, 2.05) is 42.7 Å². The fraction of sp³-hybridized carbons (Fsp3) is 0.360. The quantitative estimate of drug-likeness (QED) is 0.526. The van der Waals surface area contributed by atoms with Crippen molar-refractivity contribution in [1.82, 2.24) is 9.97 Å². The molecule has 4 nitrogen and oxygen atoms in total. The number of quaternary nitrogens is 1. The molecule has 3 aromatic rings. The maximum atomic E-state index is 11.7. The Balaban J connectivity index is 1.56. The molecule has 0 radical (unpaired) electrons. The van der Waals surface area contributed by atoms with Crippen molar-refractivity contribution >= 4 is 10.9 Å². The van der Waals surface area contributed by atoms with Crippen molar-refractivity contribution in [1.29, 1.82) is 0 Å². The Bertz CT molecular complexity index is 1020. The molecule has 0 unspecified atom stereocenters. The first kappa shape index (κ1) is 18.5. The van der Waals surface area contributed by atoms with E-state index in [0.29, 0.717) is 11.8 Å². The number of piperidine rings is 3. The smallest absolute Gasteiger partial charge is 0.131 e. The number of fused-ring (bicyclic) bond motifs is 4. The van der Waals surface area contributed by atoms with Crippen LogP contribution in [0.5, 0.6) is 0 Å². The molecule has 2 bridgehead atoms. The van der Waals surface area contributed by atoms with Crippen molar-refractivity contribution in [2.45, 2.75) is 31.5 Å². The molecule has 3 saturated heterocycles. The average molecular weight is 387 g/mol. The molecule has 0 amide bonds. The van der Waals surface area contributed by atoms with Gasteiger partial charge in [-0.25, -0.2) is 0 Å². The minimum Gasteiger partial charge on any atom is -0.382 e. The normalized spacial score (nSPS) is 29.6. The molecule has 1 aromatic carbocycles. The van der Waals surface area contributed by atoms with E-state index in [4.69, 9.17) is 0 Å². The molecule has 0 saturated carbocycles. The standard InChI is InChI=1S/C25H28N3O/c1-2-18-16-28(17-20-7-5-6-12-26-20)14-11-19(18)15-24(28)25(29)22-10-13-27-23-9-4-3-8-21(22)23/h2-10,12-13,18-19,24-25,29H,1,11,14-17H2/q+1/t18-,19-,24+,25+,28-/m0/s1. The summed E-state index contributed by atoms with van der Waals surface area (Å²) < 4.78 is 0.891. The Kier molecular flexibility index (Phi) is 4.69. The van der Waals surface area contributed by atoms with Crippen LogP contribution in [0.25, 0.3) is 10.9 Å². The van der Waals surface area contributed by atoms with Crippen LogP contribution in [0.15, 0.2) is 73.6 Å². The average Bonchev–Trinajstić information content (AvgIpc) is 2.78. The van der Waals surface area contributed by atoms with Gasteiger partial charge in [-0.1, -0.05) is 30.3 Å². The third kappa shape index (κ3) is 3.17. The van der Waals surface area contributed by atoms with E-state index in [9.17, 15) is 5.11 Å². The first-order valence-electron chi connectivity index (χ1n) is 10.6. The SMILES string of the molecule is C=C[C@H]1C[N@+]2(Cc3ccccn3)CC[C@H]1C[C@@H]2[C@H](O)c1ccnc2ccccc12. The van der Waals surface area contributed by atoms with Crippen molar-refractivity contribution < 1.29 is 9.59 Å². The van der Waals surface area contributed by atoms with Gasteiger partial charge in [0.25, 0.3) is 0 Å². The predicted molar refractivity (Wildman–Crippen MR) is 115 cm³/mol. The lowest BCUT2D eigenvalue weighted by Crippen LogP contribution is -2.67. The van der Waals surface area contributed by atoms with Gasteiger partial charge in [-0.2, -0.15) is 0 Å². The number of aliphatic hydroxyl groups excluding tert-OH is 1. The van der Waals surface area contributed by atoms with Crippen LogP contribution in [0, 0.1) is 11.8 Å². The molecular formula is C25H28N3O+. The summed E-state index contributed by atoms with van der Waals surface area (Å²) in [5.74, 6) is 1.13. The Morgan fingerprint density at radius 1 is 1.10 bits per heavy atom. The van der Waals surface area contributed by atoms with Crippen LogP contribution in [0.4, 0.5) is 0 Å². The monoisotopic (exact) mass is 386 g/mol. The third-order valence-corrected chi connectivity index (χ3v) is 7.24. The molecule has 0 spiro atoms. The van der Waals surface area contributed by atoms with Crippen LogP contribution >= 0.6 is 0 Å². The van der Waals surface area contributed by atoms with Crippen LogP contribution in [0.2, 0.25) is 0 Å². The fourth-order valence-electron chi connectivity index (χ4n) is 5.78. The van der Waals surface area contributed by atoms with Gasteiger partial charge in [0, 0.05) is 36.5 Å². The van der Waals surface area contributed by atoms with E-state index in [0.717, 1.165) is 52.7 Å². The Labute approximate surface area is 172 Å². The second-order valence-corrected chi connectivity index (χ2v) is 8.72. The van der Waals surface area contributed by atoms with Gasteiger partial charge in [0.2, 0.25) is 0 Å². The molecule has 5 atom stereocenters. The molecule has 0 aliphatic carbocycles. The maximum absolute atomic E-state index is 11.7. The van der Waals surface area contributed by atoms with Crippen LogP contribution in [0.3, 0.4) is 0 Å². The number of aromatic nitrogens is 2. The Morgan fingerprint density at radius 2 is 1.97 bits per heavy atom. The maximum Gasteiger partial charge on any atom is 0.131 e. The molecule has 3 aliphatic rings. The lowest BCUT2D eigenvalue weighted by Gasteiger charge is -2.58. The van der Waals surface area contributed by atoms with Crippen molar-refractivity contribution in [2.24, 2.45) is 11.8 Å². The van der Waals surface area contributed by atoms with E-state index >= 15 is 0 Å².